The summed E-state index contributed by atoms with van der Waals surface area (Å²) in [5.41, 5.74) is 5.53. The van der Waals surface area contributed by atoms with Crippen molar-refractivity contribution in [3.63, 3.8) is 0 Å². The van der Waals surface area contributed by atoms with Crippen molar-refractivity contribution in [3.05, 3.63) is 95.1 Å². The molecule has 0 saturated carbocycles. The molecule has 2 aromatic carbocycles. The third kappa shape index (κ3) is 1.85. The van der Waals surface area contributed by atoms with Crippen LogP contribution in [0, 0.1) is 0 Å². The molecule has 0 aliphatic heterocycles. The first kappa shape index (κ1) is 11.5. The summed E-state index contributed by atoms with van der Waals surface area (Å²) in [7, 11) is 0. The first-order valence-corrected chi connectivity index (χ1v) is 7.14. The third-order valence-corrected chi connectivity index (χ3v) is 4.20. The largest absolute Gasteiger partial charge is 0.0763 e. The van der Waals surface area contributed by atoms with Crippen molar-refractivity contribution in [2.24, 2.45) is 0 Å². The lowest BCUT2D eigenvalue weighted by molar-refractivity contribution is 1.05. The van der Waals surface area contributed by atoms with E-state index in [9.17, 15) is 0 Å². The smallest absolute Gasteiger partial charge is 0.0208 e. The molecule has 0 N–H and O–H groups in total. The van der Waals surface area contributed by atoms with Crippen LogP contribution in [-0.4, -0.2) is 0 Å². The fraction of sp³-hybridized carbons (Fsp3) is 0.100. The van der Waals surface area contributed by atoms with E-state index in [4.69, 9.17) is 0 Å². The maximum atomic E-state index is 2.33. The zero-order valence-electron chi connectivity index (χ0n) is 11.2. The van der Waals surface area contributed by atoms with Gasteiger partial charge in [-0.2, -0.15) is 0 Å². The Kier molecular flexibility index (Phi) is 2.67. The minimum Gasteiger partial charge on any atom is -0.0763 e. The SMILES string of the molecule is C1=CC(C=CC2C=Cc3ccccc32)c2ccccc21. The molecule has 0 spiro atoms. The van der Waals surface area contributed by atoms with Crippen molar-refractivity contribution < 1.29 is 0 Å². The molecule has 0 aromatic heterocycles. The number of hydrogen-bond donors (Lipinski definition) is 0. The van der Waals surface area contributed by atoms with E-state index in [1.54, 1.807) is 0 Å². The van der Waals surface area contributed by atoms with E-state index in [0.29, 0.717) is 11.8 Å². The highest BCUT2D eigenvalue weighted by Gasteiger charge is 2.16. The van der Waals surface area contributed by atoms with Crippen molar-refractivity contribution in [1.82, 2.24) is 0 Å². The maximum absolute atomic E-state index is 2.33. The van der Waals surface area contributed by atoms with Crippen LogP contribution >= 0.6 is 0 Å². The Morgan fingerprint density at radius 2 is 1.05 bits per heavy atom. The summed E-state index contributed by atoms with van der Waals surface area (Å²) < 4.78 is 0. The Hall–Kier alpha value is -2.34. The van der Waals surface area contributed by atoms with Crippen molar-refractivity contribution in [2.45, 2.75) is 11.8 Å². The molecule has 2 aromatic rings. The fourth-order valence-electron chi connectivity index (χ4n) is 3.13. The van der Waals surface area contributed by atoms with Gasteiger partial charge in [0.1, 0.15) is 0 Å². The zero-order valence-corrected chi connectivity index (χ0v) is 11.2. The first-order valence-electron chi connectivity index (χ1n) is 7.14. The Balaban J connectivity index is 1.60. The van der Waals surface area contributed by atoms with Gasteiger partial charge < -0.3 is 0 Å². The molecular weight excluding hydrogens is 240 g/mol. The number of benzene rings is 2. The molecule has 0 heteroatoms. The molecule has 2 aliphatic carbocycles. The van der Waals surface area contributed by atoms with Crippen molar-refractivity contribution in [3.8, 4) is 0 Å². The Morgan fingerprint density at radius 1 is 0.600 bits per heavy atom. The fourth-order valence-corrected chi connectivity index (χ4v) is 3.13. The van der Waals surface area contributed by atoms with Crippen LogP contribution in [0.4, 0.5) is 0 Å². The van der Waals surface area contributed by atoms with E-state index in [1.165, 1.54) is 22.3 Å². The monoisotopic (exact) mass is 256 g/mol. The molecule has 96 valence electrons. The lowest BCUT2D eigenvalue weighted by atomic mass is 9.96. The number of hydrogen-bond acceptors (Lipinski definition) is 0. The molecule has 0 nitrogen and oxygen atoms in total. The van der Waals surface area contributed by atoms with Crippen LogP contribution < -0.4 is 0 Å². The molecule has 2 unspecified atom stereocenters. The summed E-state index contributed by atoms with van der Waals surface area (Å²) in [5.74, 6) is 0.847. The molecule has 4 rings (SSSR count). The molecule has 2 aliphatic rings. The lowest BCUT2D eigenvalue weighted by Gasteiger charge is -2.08. The maximum Gasteiger partial charge on any atom is 0.0208 e. The van der Waals surface area contributed by atoms with Gasteiger partial charge in [0.2, 0.25) is 0 Å². The van der Waals surface area contributed by atoms with E-state index < -0.39 is 0 Å². The highest BCUT2D eigenvalue weighted by Crippen LogP contribution is 2.34. The van der Waals surface area contributed by atoms with E-state index >= 15 is 0 Å². The summed E-state index contributed by atoms with van der Waals surface area (Å²) in [6, 6.07) is 17.3. The van der Waals surface area contributed by atoms with Crippen molar-refractivity contribution in [2.75, 3.05) is 0 Å². The molecule has 0 heterocycles. The van der Waals surface area contributed by atoms with Gasteiger partial charge in [-0.1, -0.05) is 85.0 Å². The van der Waals surface area contributed by atoms with Crippen LogP contribution in [0.2, 0.25) is 0 Å². The predicted molar refractivity (Wildman–Crippen MR) is 85.6 cm³/mol. The van der Waals surface area contributed by atoms with Gasteiger partial charge in [0, 0.05) is 11.8 Å². The first-order chi connectivity index (χ1) is 9.92. The van der Waals surface area contributed by atoms with Gasteiger partial charge in [-0.25, -0.2) is 0 Å². The van der Waals surface area contributed by atoms with Crippen LogP contribution in [0.15, 0.2) is 72.8 Å². The molecule has 0 radical (unpaired) electrons. The van der Waals surface area contributed by atoms with Crippen LogP contribution in [0.25, 0.3) is 12.2 Å². The number of rotatable bonds is 2. The van der Waals surface area contributed by atoms with E-state index in [1.807, 2.05) is 0 Å². The van der Waals surface area contributed by atoms with Gasteiger partial charge in [0.15, 0.2) is 0 Å². The molecule has 2 atom stereocenters. The standard InChI is InChI=1S/C20H16/c1-3-7-19-15(5-1)9-11-17(19)13-14-18-12-10-16-6-2-4-8-20(16)18/h1-14,17-18H. The normalized spacial score (nSPS) is 22.4. The summed E-state index contributed by atoms with van der Waals surface area (Å²) in [6.07, 6.45) is 13.7. The molecule has 0 saturated heterocycles. The third-order valence-electron chi connectivity index (χ3n) is 4.20. The number of fused-ring (bicyclic) bond motifs is 2. The molecule has 0 bridgehead atoms. The molecule has 0 amide bonds. The second kappa shape index (κ2) is 4.64. The average molecular weight is 256 g/mol. The van der Waals surface area contributed by atoms with Gasteiger partial charge in [-0.05, 0) is 22.3 Å². The van der Waals surface area contributed by atoms with E-state index in [-0.39, 0.29) is 0 Å². The summed E-state index contributed by atoms with van der Waals surface area (Å²) in [5, 5.41) is 0. The Bertz CT molecular complexity index is 668. The van der Waals surface area contributed by atoms with Crippen LogP contribution in [0.3, 0.4) is 0 Å². The van der Waals surface area contributed by atoms with E-state index in [2.05, 4.69) is 85.0 Å². The second-order valence-electron chi connectivity index (χ2n) is 5.41. The van der Waals surface area contributed by atoms with Crippen molar-refractivity contribution >= 4 is 12.2 Å². The zero-order chi connectivity index (χ0) is 13.4. The minimum absolute atomic E-state index is 0.423. The van der Waals surface area contributed by atoms with Gasteiger partial charge >= 0.3 is 0 Å². The number of allylic oxidation sites excluding steroid dienone is 4. The van der Waals surface area contributed by atoms with Crippen LogP contribution in [-0.2, 0) is 0 Å². The van der Waals surface area contributed by atoms with Crippen LogP contribution in [0.5, 0.6) is 0 Å². The van der Waals surface area contributed by atoms with Gasteiger partial charge in [0.05, 0.1) is 0 Å². The lowest BCUT2D eigenvalue weighted by Crippen LogP contribution is -1.92. The topological polar surface area (TPSA) is 0 Å². The summed E-state index contributed by atoms with van der Waals surface area (Å²) >= 11 is 0. The second-order valence-corrected chi connectivity index (χ2v) is 5.41. The summed E-state index contributed by atoms with van der Waals surface area (Å²) in [6.45, 7) is 0. The Labute approximate surface area is 119 Å². The van der Waals surface area contributed by atoms with Crippen molar-refractivity contribution in [1.29, 1.82) is 0 Å². The highest BCUT2D eigenvalue weighted by atomic mass is 14.2. The quantitative estimate of drug-likeness (QED) is 0.651. The highest BCUT2D eigenvalue weighted by molar-refractivity contribution is 5.65. The predicted octanol–water partition coefficient (Wildman–Crippen LogP) is 5.16. The average Bonchev–Trinajstić information content (AvgIpc) is 3.09. The molecule has 20 heavy (non-hydrogen) atoms. The summed E-state index contributed by atoms with van der Waals surface area (Å²) in [4.78, 5) is 0. The van der Waals surface area contributed by atoms with Gasteiger partial charge in [0.25, 0.3) is 0 Å². The van der Waals surface area contributed by atoms with E-state index in [0.717, 1.165) is 0 Å². The molecule has 0 fully saturated rings. The van der Waals surface area contributed by atoms with Gasteiger partial charge in [-0.15, -0.1) is 0 Å². The molecular formula is C20H16. The Morgan fingerprint density at radius 3 is 1.55 bits per heavy atom. The van der Waals surface area contributed by atoms with Crippen LogP contribution in [0.1, 0.15) is 34.1 Å². The minimum atomic E-state index is 0.423. The van der Waals surface area contributed by atoms with Gasteiger partial charge in [-0.3, -0.25) is 0 Å².